The van der Waals surface area contributed by atoms with Crippen molar-refractivity contribution in [2.24, 2.45) is 16.8 Å². The fraction of sp³-hybridized carbons (Fsp3) is 0.850. The average Bonchev–Trinajstić information content (AvgIpc) is 3.08. The number of ether oxygens (including phenoxy) is 1. The number of halogens is 1. The van der Waals surface area contributed by atoms with Crippen molar-refractivity contribution >= 4 is 41.7 Å². The molecule has 2 rings (SSSR count). The van der Waals surface area contributed by atoms with Gasteiger partial charge in [-0.25, -0.2) is 0 Å². The third-order valence-electron chi connectivity index (χ3n) is 5.17. The van der Waals surface area contributed by atoms with Gasteiger partial charge in [-0.1, -0.05) is 25.6 Å². The first-order valence-corrected chi connectivity index (χ1v) is 11.7. The lowest BCUT2D eigenvalue weighted by molar-refractivity contribution is 0.0625. The Kier molecular flexibility index (Phi) is 13.2. The van der Waals surface area contributed by atoms with Crippen molar-refractivity contribution in [3.05, 3.63) is 5.82 Å². The van der Waals surface area contributed by atoms with Crippen molar-refractivity contribution in [2.45, 2.75) is 57.7 Å². The van der Waals surface area contributed by atoms with Gasteiger partial charge in [-0.15, -0.1) is 34.2 Å². The monoisotopic (exact) mass is 538 g/mol. The number of nitrogens with zero attached hydrogens (tertiary/aromatic N) is 5. The third-order valence-corrected chi connectivity index (χ3v) is 5.84. The van der Waals surface area contributed by atoms with Gasteiger partial charge in [0.15, 0.2) is 11.1 Å². The van der Waals surface area contributed by atoms with Gasteiger partial charge in [0.1, 0.15) is 5.82 Å². The van der Waals surface area contributed by atoms with Gasteiger partial charge < -0.3 is 19.5 Å². The lowest BCUT2D eigenvalue weighted by atomic mass is 9.96. The largest absolute Gasteiger partial charge is 0.381 e. The highest BCUT2D eigenvalue weighted by atomic mass is 127. The second-order valence-corrected chi connectivity index (χ2v) is 8.72. The maximum Gasteiger partial charge on any atom is 0.193 e. The topological polar surface area (TPSA) is 67.6 Å². The molecule has 0 radical (unpaired) electrons. The molecule has 1 aliphatic heterocycles. The van der Waals surface area contributed by atoms with Gasteiger partial charge in [0.05, 0.1) is 0 Å². The predicted octanol–water partition coefficient (Wildman–Crippen LogP) is 3.53. The van der Waals surface area contributed by atoms with Crippen molar-refractivity contribution in [1.82, 2.24) is 25.0 Å². The molecule has 0 bridgehead atoms. The molecule has 1 aromatic heterocycles. The first kappa shape index (κ1) is 26.5. The Balaban J connectivity index is 0.00000420. The number of aliphatic imine (C=N–C) groups is 1. The maximum atomic E-state index is 5.45. The standard InChI is InChI=1S/C20H38N6OS.HI/c1-16(2)15-26-18(23-24-20(26)28-5)7-6-11-22-19(21-3)25(4)12-8-17-9-13-27-14-10-17;/h16-17H,6-15H2,1-5H3,(H,21,22);1H. The first-order valence-electron chi connectivity index (χ1n) is 10.5. The minimum absolute atomic E-state index is 0. The van der Waals surface area contributed by atoms with E-state index < -0.39 is 0 Å². The molecule has 0 atom stereocenters. The fourth-order valence-corrected chi connectivity index (χ4v) is 4.07. The summed E-state index contributed by atoms with van der Waals surface area (Å²) in [7, 11) is 3.98. The lowest BCUT2D eigenvalue weighted by Crippen LogP contribution is -2.40. The van der Waals surface area contributed by atoms with E-state index in [0.717, 1.165) is 68.5 Å². The Morgan fingerprint density at radius 3 is 2.69 bits per heavy atom. The lowest BCUT2D eigenvalue weighted by Gasteiger charge is -2.26. The molecule has 0 spiro atoms. The Bertz CT molecular complexity index is 604. The maximum absolute atomic E-state index is 5.45. The normalized spacial score (nSPS) is 15.4. The van der Waals surface area contributed by atoms with Crippen molar-refractivity contribution in [3.63, 3.8) is 0 Å². The van der Waals surface area contributed by atoms with Crippen LogP contribution in [0.25, 0.3) is 0 Å². The molecule has 7 nitrogen and oxygen atoms in total. The molecule has 0 aromatic carbocycles. The summed E-state index contributed by atoms with van der Waals surface area (Å²) in [6.45, 7) is 9.19. The van der Waals surface area contributed by atoms with Crippen molar-refractivity contribution in [3.8, 4) is 0 Å². The van der Waals surface area contributed by atoms with Crippen LogP contribution in [0.15, 0.2) is 10.1 Å². The fourth-order valence-electron chi connectivity index (χ4n) is 3.55. The van der Waals surface area contributed by atoms with Crippen LogP contribution in [0.5, 0.6) is 0 Å². The molecule has 0 amide bonds. The summed E-state index contributed by atoms with van der Waals surface area (Å²) >= 11 is 1.67. The molecule has 0 aliphatic carbocycles. The van der Waals surface area contributed by atoms with E-state index in [4.69, 9.17) is 4.74 Å². The third kappa shape index (κ3) is 9.00. The highest BCUT2D eigenvalue weighted by Crippen LogP contribution is 2.19. The highest BCUT2D eigenvalue weighted by Gasteiger charge is 2.16. The summed E-state index contributed by atoms with van der Waals surface area (Å²) in [6, 6.07) is 0. The van der Waals surface area contributed by atoms with E-state index in [1.165, 1.54) is 19.3 Å². The number of aryl methyl sites for hydroxylation is 1. The minimum Gasteiger partial charge on any atom is -0.381 e. The van der Waals surface area contributed by atoms with E-state index in [2.05, 4.69) is 57.1 Å². The van der Waals surface area contributed by atoms with Crippen LogP contribution in [0, 0.1) is 11.8 Å². The molecule has 29 heavy (non-hydrogen) atoms. The Morgan fingerprint density at radius 2 is 2.07 bits per heavy atom. The van der Waals surface area contributed by atoms with E-state index in [9.17, 15) is 0 Å². The zero-order valence-corrected chi connectivity index (χ0v) is 21.8. The SMILES string of the molecule is CN=C(NCCCc1nnc(SC)n1CC(C)C)N(C)CCC1CCOCC1.I. The van der Waals surface area contributed by atoms with Crippen molar-refractivity contribution in [1.29, 1.82) is 0 Å². The molecule has 0 unspecified atom stereocenters. The van der Waals surface area contributed by atoms with E-state index in [1.807, 2.05) is 7.05 Å². The molecular formula is C20H39IN6OS. The van der Waals surface area contributed by atoms with Crippen LogP contribution in [0.3, 0.4) is 0 Å². The summed E-state index contributed by atoms with van der Waals surface area (Å²) in [5.41, 5.74) is 0. The smallest absolute Gasteiger partial charge is 0.193 e. The summed E-state index contributed by atoms with van der Waals surface area (Å²) in [5, 5.41) is 13.2. The number of nitrogens with one attached hydrogen (secondary N) is 1. The Hall–Kier alpha value is -0.550. The van der Waals surface area contributed by atoms with Crippen LogP contribution in [0.4, 0.5) is 0 Å². The van der Waals surface area contributed by atoms with Crippen LogP contribution in [0.2, 0.25) is 0 Å². The number of guanidine groups is 1. The second kappa shape index (κ2) is 14.5. The predicted molar refractivity (Wildman–Crippen MR) is 133 cm³/mol. The van der Waals surface area contributed by atoms with Crippen molar-refractivity contribution < 1.29 is 4.74 Å². The quantitative estimate of drug-likeness (QED) is 0.162. The molecule has 1 fully saturated rings. The molecule has 1 aliphatic rings. The molecule has 9 heteroatoms. The highest BCUT2D eigenvalue weighted by molar-refractivity contribution is 14.0. The average molecular weight is 539 g/mol. The summed E-state index contributed by atoms with van der Waals surface area (Å²) in [4.78, 5) is 6.68. The molecule has 2 heterocycles. The van der Waals surface area contributed by atoms with Gasteiger partial charge >= 0.3 is 0 Å². The Morgan fingerprint density at radius 1 is 1.34 bits per heavy atom. The van der Waals surface area contributed by atoms with Gasteiger partial charge in [-0.05, 0) is 43.8 Å². The molecule has 1 saturated heterocycles. The first-order chi connectivity index (χ1) is 13.5. The summed E-state index contributed by atoms with van der Waals surface area (Å²) in [6.07, 6.45) is 7.58. The van der Waals surface area contributed by atoms with E-state index >= 15 is 0 Å². The van der Waals surface area contributed by atoms with E-state index in [-0.39, 0.29) is 24.0 Å². The van der Waals surface area contributed by atoms with Crippen LogP contribution >= 0.6 is 35.7 Å². The molecule has 1 aromatic rings. The van der Waals surface area contributed by atoms with Crippen LogP contribution in [-0.2, 0) is 17.7 Å². The molecule has 0 saturated carbocycles. The Labute approximate surface area is 197 Å². The number of thioether (sulfide) groups is 1. The summed E-state index contributed by atoms with van der Waals surface area (Å²) in [5.74, 6) is 3.43. The van der Waals surface area contributed by atoms with Crippen LogP contribution in [0.1, 0.15) is 45.4 Å². The van der Waals surface area contributed by atoms with Crippen LogP contribution in [-0.4, -0.2) is 72.3 Å². The van der Waals surface area contributed by atoms with Gasteiger partial charge in [0.2, 0.25) is 0 Å². The van der Waals surface area contributed by atoms with Gasteiger partial charge in [0, 0.05) is 53.4 Å². The number of aromatic nitrogens is 3. The van der Waals surface area contributed by atoms with E-state index in [1.54, 1.807) is 11.8 Å². The van der Waals surface area contributed by atoms with Gasteiger partial charge in [-0.3, -0.25) is 4.99 Å². The molecular weight excluding hydrogens is 499 g/mol. The van der Waals surface area contributed by atoms with Crippen LogP contribution < -0.4 is 5.32 Å². The second-order valence-electron chi connectivity index (χ2n) is 7.95. The van der Waals surface area contributed by atoms with Gasteiger partial charge in [0.25, 0.3) is 0 Å². The zero-order valence-electron chi connectivity index (χ0n) is 18.7. The molecule has 168 valence electrons. The van der Waals surface area contributed by atoms with Crippen molar-refractivity contribution in [2.75, 3.05) is 46.7 Å². The zero-order chi connectivity index (χ0) is 20.4. The molecule has 1 N–H and O–H groups in total. The summed E-state index contributed by atoms with van der Waals surface area (Å²) < 4.78 is 7.72. The number of hydrogen-bond acceptors (Lipinski definition) is 5. The number of rotatable bonds is 10. The minimum atomic E-state index is 0. The number of hydrogen-bond donors (Lipinski definition) is 1. The van der Waals surface area contributed by atoms with Gasteiger partial charge in [-0.2, -0.15) is 0 Å². The van der Waals surface area contributed by atoms with E-state index in [0.29, 0.717) is 5.92 Å².